The summed E-state index contributed by atoms with van der Waals surface area (Å²) in [5.74, 6) is 0.296. The van der Waals surface area contributed by atoms with Crippen molar-refractivity contribution in [2.24, 2.45) is 0 Å². The molecule has 0 fully saturated rings. The maximum absolute atomic E-state index is 13.1. The maximum Gasteiger partial charge on any atom is 0.258 e. The predicted molar refractivity (Wildman–Crippen MR) is 105 cm³/mol. The molecule has 138 valence electrons. The van der Waals surface area contributed by atoms with Gasteiger partial charge in [0.25, 0.3) is 5.91 Å². The summed E-state index contributed by atoms with van der Waals surface area (Å²) < 4.78 is 25.7. The molecule has 0 atom stereocenters. The lowest BCUT2D eigenvalue weighted by atomic mass is 10.0. The Balaban J connectivity index is 2.00. The Hall–Kier alpha value is -2.34. The van der Waals surface area contributed by atoms with E-state index in [1.807, 2.05) is 30.3 Å². The fourth-order valence-corrected chi connectivity index (χ4v) is 4.21. The van der Waals surface area contributed by atoms with Crippen LogP contribution >= 0.6 is 0 Å². The standard InChI is InChI=1S/C20H24N2O3S/c1-15(2)16-9-11-17(12-10-16)20(23)21-13-6-14-22(26(3,24)25)19-8-5-4-7-18(19)21/h4-5,7-12,15H,6,13-14H2,1-3H3. The monoisotopic (exact) mass is 372 g/mol. The first-order valence-corrected chi connectivity index (χ1v) is 10.6. The zero-order chi connectivity index (χ0) is 18.9. The topological polar surface area (TPSA) is 57.7 Å². The summed E-state index contributed by atoms with van der Waals surface area (Å²) in [6.07, 6.45) is 1.78. The van der Waals surface area contributed by atoms with Crippen LogP contribution in [0.15, 0.2) is 48.5 Å². The van der Waals surface area contributed by atoms with Crippen molar-refractivity contribution < 1.29 is 13.2 Å². The van der Waals surface area contributed by atoms with Gasteiger partial charge in [0, 0.05) is 18.7 Å². The Kier molecular flexibility index (Phi) is 5.05. The molecule has 1 aliphatic rings. The number of hydrogen-bond acceptors (Lipinski definition) is 3. The molecule has 5 nitrogen and oxygen atoms in total. The van der Waals surface area contributed by atoms with Crippen molar-refractivity contribution in [2.75, 3.05) is 28.6 Å². The van der Waals surface area contributed by atoms with Crippen LogP contribution in [-0.4, -0.2) is 33.7 Å². The average molecular weight is 372 g/mol. The summed E-state index contributed by atoms with van der Waals surface area (Å²) in [6, 6.07) is 14.8. The molecule has 0 saturated heterocycles. The molecule has 0 aliphatic carbocycles. The zero-order valence-electron chi connectivity index (χ0n) is 15.3. The first-order chi connectivity index (χ1) is 12.3. The summed E-state index contributed by atoms with van der Waals surface area (Å²) >= 11 is 0. The smallest absolute Gasteiger partial charge is 0.258 e. The number of carbonyl (C=O) groups excluding carboxylic acids is 1. The van der Waals surface area contributed by atoms with Crippen LogP contribution in [0.4, 0.5) is 11.4 Å². The Morgan fingerprint density at radius 1 is 0.962 bits per heavy atom. The van der Waals surface area contributed by atoms with E-state index in [0.29, 0.717) is 42.4 Å². The lowest BCUT2D eigenvalue weighted by Gasteiger charge is -2.25. The molecule has 1 amide bonds. The molecule has 1 aliphatic heterocycles. The molecule has 0 spiro atoms. The molecular formula is C20H24N2O3S. The van der Waals surface area contributed by atoms with Crippen molar-refractivity contribution in [3.8, 4) is 0 Å². The average Bonchev–Trinajstić information content (AvgIpc) is 2.80. The van der Waals surface area contributed by atoms with Crippen molar-refractivity contribution in [1.29, 1.82) is 0 Å². The van der Waals surface area contributed by atoms with Gasteiger partial charge in [-0.3, -0.25) is 9.10 Å². The van der Waals surface area contributed by atoms with E-state index in [9.17, 15) is 13.2 Å². The number of carbonyl (C=O) groups is 1. The molecule has 0 radical (unpaired) electrons. The van der Waals surface area contributed by atoms with E-state index in [0.717, 1.165) is 0 Å². The lowest BCUT2D eigenvalue weighted by Crippen LogP contribution is -2.31. The van der Waals surface area contributed by atoms with Gasteiger partial charge in [0.05, 0.1) is 17.6 Å². The minimum atomic E-state index is -3.40. The van der Waals surface area contributed by atoms with Gasteiger partial charge < -0.3 is 4.90 Å². The van der Waals surface area contributed by atoms with E-state index in [-0.39, 0.29) is 5.91 Å². The van der Waals surface area contributed by atoms with Crippen LogP contribution in [0.25, 0.3) is 0 Å². The summed E-state index contributed by atoms with van der Waals surface area (Å²) in [4.78, 5) is 14.8. The van der Waals surface area contributed by atoms with Crippen LogP contribution in [0, 0.1) is 0 Å². The van der Waals surface area contributed by atoms with Gasteiger partial charge in [-0.05, 0) is 42.2 Å². The lowest BCUT2D eigenvalue weighted by molar-refractivity contribution is 0.0987. The number of para-hydroxylation sites is 2. The van der Waals surface area contributed by atoms with Crippen molar-refractivity contribution in [1.82, 2.24) is 0 Å². The van der Waals surface area contributed by atoms with Gasteiger partial charge >= 0.3 is 0 Å². The predicted octanol–water partition coefficient (Wildman–Crippen LogP) is 3.63. The van der Waals surface area contributed by atoms with Crippen LogP contribution in [-0.2, 0) is 10.0 Å². The van der Waals surface area contributed by atoms with Crippen LogP contribution in [0.2, 0.25) is 0 Å². The highest BCUT2D eigenvalue weighted by Crippen LogP contribution is 2.34. The van der Waals surface area contributed by atoms with E-state index in [1.54, 1.807) is 23.1 Å². The Labute approximate surface area is 155 Å². The third-order valence-corrected chi connectivity index (χ3v) is 5.83. The van der Waals surface area contributed by atoms with Crippen molar-refractivity contribution in [3.63, 3.8) is 0 Å². The molecule has 0 aromatic heterocycles. The van der Waals surface area contributed by atoms with Crippen LogP contribution < -0.4 is 9.21 Å². The summed E-state index contributed by atoms with van der Waals surface area (Å²) in [5, 5.41) is 0. The molecule has 0 bridgehead atoms. The SMILES string of the molecule is CC(C)c1ccc(C(=O)N2CCCN(S(C)(=O)=O)c3ccccc32)cc1. The molecule has 2 aromatic carbocycles. The number of nitrogens with zero attached hydrogens (tertiary/aromatic N) is 2. The highest BCUT2D eigenvalue weighted by atomic mass is 32.2. The second-order valence-electron chi connectivity index (χ2n) is 6.91. The zero-order valence-corrected chi connectivity index (χ0v) is 16.2. The third-order valence-electron chi connectivity index (χ3n) is 4.65. The Morgan fingerprint density at radius 2 is 1.58 bits per heavy atom. The number of anilines is 2. The van der Waals surface area contributed by atoms with E-state index in [1.165, 1.54) is 16.1 Å². The molecule has 3 rings (SSSR count). The number of amides is 1. The number of hydrogen-bond donors (Lipinski definition) is 0. The normalized spacial score (nSPS) is 14.9. The summed E-state index contributed by atoms with van der Waals surface area (Å²) in [7, 11) is -3.40. The minimum Gasteiger partial charge on any atom is -0.306 e. The quantitative estimate of drug-likeness (QED) is 0.827. The van der Waals surface area contributed by atoms with E-state index >= 15 is 0 Å². The minimum absolute atomic E-state index is 0.108. The highest BCUT2D eigenvalue weighted by Gasteiger charge is 2.29. The van der Waals surface area contributed by atoms with Crippen LogP contribution in [0.1, 0.15) is 42.1 Å². The van der Waals surface area contributed by atoms with Gasteiger partial charge in [-0.1, -0.05) is 38.1 Å². The second kappa shape index (κ2) is 7.11. The number of benzene rings is 2. The summed E-state index contributed by atoms with van der Waals surface area (Å²) in [5.41, 5.74) is 2.98. The van der Waals surface area contributed by atoms with Gasteiger partial charge in [-0.15, -0.1) is 0 Å². The number of sulfonamides is 1. The first-order valence-electron chi connectivity index (χ1n) is 8.77. The molecule has 6 heteroatoms. The summed E-state index contributed by atoms with van der Waals surface area (Å²) in [6.45, 7) is 5.07. The number of fused-ring (bicyclic) bond motifs is 1. The fourth-order valence-electron chi connectivity index (χ4n) is 3.24. The second-order valence-corrected chi connectivity index (χ2v) is 8.82. The Morgan fingerprint density at radius 3 is 2.15 bits per heavy atom. The van der Waals surface area contributed by atoms with E-state index in [4.69, 9.17) is 0 Å². The number of rotatable bonds is 3. The van der Waals surface area contributed by atoms with Gasteiger partial charge in [-0.25, -0.2) is 8.42 Å². The molecule has 2 aromatic rings. The Bertz CT molecular complexity index is 905. The van der Waals surface area contributed by atoms with Gasteiger partial charge in [0.15, 0.2) is 0 Å². The van der Waals surface area contributed by atoms with E-state index < -0.39 is 10.0 Å². The molecular weight excluding hydrogens is 348 g/mol. The molecule has 26 heavy (non-hydrogen) atoms. The van der Waals surface area contributed by atoms with Crippen molar-refractivity contribution >= 4 is 27.3 Å². The van der Waals surface area contributed by atoms with Gasteiger partial charge in [0.1, 0.15) is 0 Å². The molecule has 0 unspecified atom stereocenters. The van der Waals surface area contributed by atoms with Crippen molar-refractivity contribution in [3.05, 3.63) is 59.7 Å². The van der Waals surface area contributed by atoms with Crippen LogP contribution in [0.3, 0.4) is 0 Å². The molecule has 1 heterocycles. The molecule has 0 N–H and O–H groups in total. The van der Waals surface area contributed by atoms with E-state index in [2.05, 4.69) is 13.8 Å². The fraction of sp³-hybridized carbons (Fsp3) is 0.350. The van der Waals surface area contributed by atoms with Gasteiger partial charge in [-0.2, -0.15) is 0 Å². The first kappa shape index (κ1) is 18.5. The highest BCUT2D eigenvalue weighted by molar-refractivity contribution is 7.92. The largest absolute Gasteiger partial charge is 0.306 e. The molecule has 0 saturated carbocycles. The van der Waals surface area contributed by atoms with Crippen LogP contribution in [0.5, 0.6) is 0 Å². The maximum atomic E-state index is 13.1. The third kappa shape index (κ3) is 3.60. The van der Waals surface area contributed by atoms with Gasteiger partial charge in [0.2, 0.25) is 10.0 Å². The van der Waals surface area contributed by atoms with Crippen molar-refractivity contribution in [2.45, 2.75) is 26.2 Å².